The molecule has 0 N–H and O–H groups in total. The van der Waals surface area contributed by atoms with Crippen LogP contribution in [0.25, 0.3) is 0 Å². The summed E-state index contributed by atoms with van der Waals surface area (Å²) < 4.78 is 2.05. The van der Waals surface area contributed by atoms with Gasteiger partial charge in [0.1, 0.15) is 0 Å². The number of hydrogen-bond acceptors (Lipinski definition) is 0. The summed E-state index contributed by atoms with van der Waals surface area (Å²) in [6.45, 7) is 9.32. The first kappa shape index (κ1) is 7.82. The smallest absolute Gasteiger partial charge is 1.00 e. The van der Waals surface area contributed by atoms with Crippen molar-refractivity contribution in [3.05, 3.63) is 0 Å². The van der Waals surface area contributed by atoms with Gasteiger partial charge in [-0.15, -0.1) is 0 Å². The second-order valence-electron chi connectivity index (χ2n) is 2.34. The van der Waals surface area contributed by atoms with Crippen LogP contribution >= 0.6 is 0 Å². The molecule has 7 heavy (non-hydrogen) atoms. The van der Waals surface area contributed by atoms with E-state index in [9.17, 15) is 0 Å². The second-order valence-corrected chi connectivity index (χ2v) is 9.08. The summed E-state index contributed by atoms with van der Waals surface area (Å²) in [6.07, 6.45) is 0. The summed E-state index contributed by atoms with van der Waals surface area (Å²) in [6, 6.07) is 0. The molecule has 0 saturated heterocycles. The van der Waals surface area contributed by atoms with Gasteiger partial charge in [0, 0.05) is 0 Å². The molecule has 0 rings (SSSR count). The van der Waals surface area contributed by atoms with E-state index in [0.29, 0.717) is 0 Å². The normalized spacial score (nSPS) is 11.1. The second kappa shape index (κ2) is 3.78. The molecule has 0 unspecified atom stereocenters. The maximum Gasteiger partial charge on any atom is -1.00 e. The van der Waals surface area contributed by atoms with Gasteiger partial charge in [0.05, 0.1) is 0 Å². The Morgan fingerprint density at radius 3 is 1.29 bits per heavy atom. The molecule has 1 radical (unpaired) electrons. The van der Waals surface area contributed by atoms with Gasteiger partial charge in [0.2, 0.25) is 0 Å². The Morgan fingerprint density at radius 2 is 1.29 bits per heavy atom. The van der Waals surface area contributed by atoms with Gasteiger partial charge in [-0.1, -0.05) is 0 Å². The predicted octanol–water partition coefficient (Wildman–Crippen LogP) is 2.46. The topological polar surface area (TPSA) is 0 Å². The Balaban J connectivity index is 0. The van der Waals surface area contributed by atoms with Crippen LogP contribution in [-0.4, -0.2) is 21.6 Å². The van der Waals surface area contributed by atoms with Crippen LogP contribution in [0.3, 0.4) is 0 Å². The van der Waals surface area contributed by atoms with E-state index in [1.165, 1.54) is 0 Å². The molecule has 0 aromatic rings. The first-order valence-corrected chi connectivity index (χ1v) is 5.77. The van der Waals surface area contributed by atoms with E-state index < -0.39 is 0 Å². The van der Waals surface area contributed by atoms with E-state index in [-0.39, 0.29) is 23.0 Å². The van der Waals surface area contributed by atoms with Gasteiger partial charge in [-0.05, 0) is 0 Å². The molecule has 45 valence electrons. The van der Waals surface area contributed by atoms with Crippen molar-refractivity contribution in [2.24, 2.45) is 0 Å². The molecule has 0 atom stereocenters. The van der Waals surface area contributed by atoms with Crippen molar-refractivity contribution in [2.75, 3.05) is 0 Å². The Bertz CT molecular complexity index is 37.8. The van der Waals surface area contributed by atoms with Gasteiger partial charge in [-0.2, -0.15) is 0 Å². The summed E-state index contributed by atoms with van der Waals surface area (Å²) >= 11 is 0.194. The van der Waals surface area contributed by atoms with Crippen molar-refractivity contribution in [3.8, 4) is 0 Å². The molecule has 0 saturated carbocycles. The Labute approximate surface area is 58.7 Å². The molecule has 0 heterocycles. The van der Waals surface area contributed by atoms with Crippen molar-refractivity contribution in [1.82, 2.24) is 0 Å². The van der Waals surface area contributed by atoms with Gasteiger partial charge in [0.25, 0.3) is 0 Å². The van der Waals surface area contributed by atoms with Crippen molar-refractivity contribution >= 4 is 21.6 Å². The van der Waals surface area contributed by atoms with Crippen LogP contribution in [0, 0.1) is 0 Å². The van der Waals surface area contributed by atoms with E-state index in [1.54, 1.807) is 0 Å². The zero-order valence-corrected chi connectivity index (χ0v) is 8.15. The van der Waals surface area contributed by atoms with Crippen LogP contribution in [0.1, 0.15) is 29.1 Å². The van der Waals surface area contributed by atoms with Crippen molar-refractivity contribution in [2.45, 2.75) is 35.4 Å². The Kier molecular flexibility index (Phi) is 4.22. The Hall–Kier alpha value is 0.818. The van der Waals surface area contributed by atoms with E-state index in [4.69, 9.17) is 0 Å². The van der Waals surface area contributed by atoms with Crippen LogP contribution in [0.4, 0.5) is 0 Å². The van der Waals surface area contributed by atoms with Crippen LogP contribution in [0.15, 0.2) is 0 Å². The summed E-state index contributed by atoms with van der Waals surface area (Å²) in [5.41, 5.74) is 0. The number of hydrogen-bond donors (Lipinski definition) is 0. The summed E-state index contributed by atoms with van der Waals surface area (Å²) in [4.78, 5) is 0. The first-order valence-electron chi connectivity index (χ1n) is 2.83. The zero-order valence-electron chi connectivity index (χ0n) is 6.60. The molecule has 0 spiro atoms. The van der Waals surface area contributed by atoms with Gasteiger partial charge in [-0.25, -0.2) is 0 Å². The van der Waals surface area contributed by atoms with Crippen LogP contribution < -0.4 is 0 Å². The quantitative estimate of drug-likeness (QED) is 0.612. The summed E-state index contributed by atoms with van der Waals surface area (Å²) in [5.74, 6) is 0. The molecule has 0 aliphatic carbocycles. The summed E-state index contributed by atoms with van der Waals surface area (Å²) in [5, 5.41) is 0. The molecular weight excluding hydrogens is 194 g/mol. The first-order chi connectivity index (χ1) is 3.13. The summed E-state index contributed by atoms with van der Waals surface area (Å²) in [7, 11) is 0. The monoisotopic (exact) mass is 208 g/mol. The largest absolute Gasteiger partial charge is 1.00 e. The third-order valence-electron chi connectivity index (χ3n) is 0.596. The average molecular weight is 209 g/mol. The minimum Gasteiger partial charge on any atom is -1.00 e. The standard InChI is InChI=1S/2C3H7.Sb.H/c2*1-3-2;;/h2*3H,1-2H3;;/q;;;-1. The molecule has 0 nitrogen and oxygen atoms in total. The molecular formula is C6H15Sb-. The molecule has 0 aliphatic rings. The number of rotatable bonds is 2. The third kappa shape index (κ3) is 6.82. The van der Waals surface area contributed by atoms with E-state index in [0.717, 1.165) is 7.73 Å². The molecule has 0 aromatic carbocycles. The van der Waals surface area contributed by atoms with E-state index >= 15 is 0 Å². The van der Waals surface area contributed by atoms with Crippen LogP contribution in [-0.2, 0) is 0 Å². The van der Waals surface area contributed by atoms with Crippen molar-refractivity contribution < 1.29 is 1.43 Å². The van der Waals surface area contributed by atoms with E-state index in [1.807, 2.05) is 0 Å². The molecule has 1 heteroatoms. The average Bonchev–Trinajstić information content (AvgIpc) is 1.27. The maximum absolute atomic E-state index is 2.33. The van der Waals surface area contributed by atoms with Gasteiger partial charge in [0.15, 0.2) is 0 Å². The molecule has 0 aliphatic heterocycles. The minimum atomic E-state index is 0. The molecule has 0 fully saturated rings. The van der Waals surface area contributed by atoms with Crippen LogP contribution in [0.2, 0.25) is 7.73 Å². The minimum absolute atomic E-state index is 0. The van der Waals surface area contributed by atoms with E-state index in [2.05, 4.69) is 27.7 Å². The maximum atomic E-state index is 2.33. The fourth-order valence-electron chi connectivity index (χ4n) is 0.596. The zero-order chi connectivity index (χ0) is 5.86. The molecule has 0 amide bonds. The van der Waals surface area contributed by atoms with Gasteiger partial charge in [-0.3, -0.25) is 0 Å². The Morgan fingerprint density at radius 1 is 1.00 bits per heavy atom. The fraction of sp³-hybridized carbons (Fsp3) is 1.00. The SMILES string of the molecule is C[CH](C)[Sb][CH](C)C.[H-]. The van der Waals surface area contributed by atoms with Crippen molar-refractivity contribution in [1.29, 1.82) is 0 Å². The van der Waals surface area contributed by atoms with Gasteiger partial charge >= 0.3 is 57.0 Å². The van der Waals surface area contributed by atoms with Crippen LogP contribution in [0.5, 0.6) is 0 Å². The van der Waals surface area contributed by atoms with Crippen molar-refractivity contribution in [3.63, 3.8) is 0 Å². The third-order valence-corrected chi connectivity index (χ3v) is 4.00. The molecule has 0 aromatic heterocycles. The van der Waals surface area contributed by atoms with Gasteiger partial charge < -0.3 is 1.43 Å². The predicted molar refractivity (Wildman–Crippen MR) is 37.1 cm³/mol. The fourth-order valence-corrected chi connectivity index (χ4v) is 4.00. The molecule has 0 bridgehead atoms.